The molecular formula is C11H16N2. The van der Waals surface area contributed by atoms with Crippen LogP contribution in [0.15, 0.2) is 35.3 Å². The summed E-state index contributed by atoms with van der Waals surface area (Å²) in [5.74, 6) is 1.10. The van der Waals surface area contributed by atoms with E-state index in [1.54, 1.807) is 0 Å². The summed E-state index contributed by atoms with van der Waals surface area (Å²) in [5.41, 5.74) is 6.78. The maximum absolute atomic E-state index is 5.47. The summed E-state index contributed by atoms with van der Waals surface area (Å²) in [7, 11) is 0. The molecule has 0 aliphatic carbocycles. The monoisotopic (exact) mass is 176 g/mol. The number of nitrogens with two attached hydrogens (primary N) is 1. The molecule has 0 aromatic heterocycles. The maximum Gasteiger partial charge on any atom is 0.0905 e. The van der Waals surface area contributed by atoms with Crippen LogP contribution in [-0.2, 0) is 0 Å². The molecule has 1 unspecified atom stereocenters. The van der Waals surface area contributed by atoms with Crippen LogP contribution in [0.25, 0.3) is 0 Å². The van der Waals surface area contributed by atoms with Crippen molar-refractivity contribution in [3.05, 3.63) is 35.9 Å². The summed E-state index contributed by atoms with van der Waals surface area (Å²) >= 11 is 0. The topological polar surface area (TPSA) is 38.4 Å². The Morgan fingerprint density at radius 2 is 2.00 bits per heavy atom. The Labute approximate surface area is 79.5 Å². The summed E-state index contributed by atoms with van der Waals surface area (Å²) in [6, 6.07) is 10.3. The van der Waals surface area contributed by atoms with E-state index in [2.05, 4.69) is 24.0 Å². The van der Waals surface area contributed by atoms with Gasteiger partial charge in [0.25, 0.3) is 0 Å². The van der Waals surface area contributed by atoms with Gasteiger partial charge >= 0.3 is 0 Å². The summed E-state index contributed by atoms with van der Waals surface area (Å²) in [6.45, 7) is 4.74. The van der Waals surface area contributed by atoms with Crippen molar-refractivity contribution in [2.24, 2.45) is 10.7 Å². The number of amidine groups is 1. The van der Waals surface area contributed by atoms with Gasteiger partial charge in [-0.2, -0.15) is 0 Å². The van der Waals surface area contributed by atoms with E-state index in [0.29, 0.717) is 11.8 Å². The lowest BCUT2D eigenvalue weighted by Crippen LogP contribution is -2.08. The normalized spacial score (nSPS) is 14.2. The molecule has 2 nitrogen and oxygen atoms in total. The molecule has 0 bridgehead atoms. The molecule has 1 rings (SSSR count). The van der Waals surface area contributed by atoms with E-state index in [1.807, 2.05) is 25.1 Å². The lowest BCUT2D eigenvalue weighted by Gasteiger charge is -2.08. The van der Waals surface area contributed by atoms with E-state index in [4.69, 9.17) is 5.73 Å². The molecule has 0 radical (unpaired) electrons. The molecule has 1 atom stereocenters. The summed E-state index contributed by atoms with van der Waals surface area (Å²) in [6.07, 6.45) is 0. The van der Waals surface area contributed by atoms with Crippen molar-refractivity contribution in [2.45, 2.75) is 19.8 Å². The molecule has 0 aliphatic rings. The van der Waals surface area contributed by atoms with Gasteiger partial charge in [0.2, 0.25) is 0 Å². The SMILES string of the molecule is CC(N)=NCC(C)c1ccccc1. The summed E-state index contributed by atoms with van der Waals surface area (Å²) in [5, 5.41) is 0. The van der Waals surface area contributed by atoms with Gasteiger partial charge in [0.15, 0.2) is 0 Å². The molecule has 2 N–H and O–H groups in total. The summed E-state index contributed by atoms with van der Waals surface area (Å²) in [4.78, 5) is 4.20. The second-order valence-corrected chi connectivity index (χ2v) is 3.29. The van der Waals surface area contributed by atoms with Gasteiger partial charge in [0.1, 0.15) is 0 Å². The van der Waals surface area contributed by atoms with Crippen molar-refractivity contribution in [1.29, 1.82) is 0 Å². The van der Waals surface area contributed by atoms with Gasteiger partial charge < -0.3 is 5.73 Å². The molecule has 0 saturated carbocycles. The smallest absolute Gasteiger partial charge is 0.0905 e. The number of rotatable bonds is 3. The highest BCUT2D eigenvalue weighted by Gasteiger charge is 2.02. The number of hydrogen-bond donors (Lipinski definition) is 1. The third-order valence-electron chi connectivity index (χ3n) is 1.98. The van der Waals surface area contributed by atoms with Crippen LogP contribution in [0.2, 0.25) is 0 Å². The van der Waals surface area contributed by atoms with E-state index < -0.39 is 0 Å². The third kappa shape index (κ3) is 3.28. The molecule has 0 saturated heterocycles. The molecule has 1 aromatic carbocycles. The van der Waals surface area contributed by atoms with Crippen LogP contribution in [0.4, 0.5) is 0 Å². The Morgan fingerprint density at radius 1 is 1.38 bits per heavy atom. The van der Waals surface area contributed by atoms with Gasteiger partial charge in [-0.15, -0.1) is 0 Å². The number of nitrogens with zero attached hydrogens (tertiary/aromatic N) is 1. The Morgan fingerprint density at radius 3 is 2.54 bits per heavy atom. The second-order valence-electron chi connectivity index (χ2n) is 3.29. The Hall–Kier alpha value is -1.31. The largest absolute Gasteiger partial charge is 0.388 e. The van der Waals surface area contributed by atoms with Gasteiger partial charge in [0, 0.05) is 12.5 Å². The van der Waals surface area contributed by atoms with Crippen molar-refractivity contribution in [1.82, 2.24) is 0 Å². The predicted octanol–water partition coefficient (Wildman–Crippen LogP) is 2.17. The fourth-order valence-electron chi connectivity index (χ4n) is 1.17. The minimum atomic E-state index is 0.444. The van der Waals surface area contributed by atoms with Crippen LogP contribution in [0.5, 0.6) is 0 Å². The Bertz CT molecular complexity index is 273. The molecule has 13 heavy (non-hydrogen) atoms. The van der Waals surface area contributed by atoms with Crippen LogP contribution in [0, 0.1) is 0 Å². The quantitative estimate of drug-likeness (QED) is 0.556. The van der Waals surface area contributed by atoms with E-state index in [1.165, 1.54) is 5.56 Å². The van der Waals surface area contributed by atoms with Crippen LogP contribution in [0.3, 0.4) is 0 Å². The Kier molecular flexibility index (Phi) is 3.50. The average Bonchev–Trinajstić information content (AvgIpc) is 2.15. The summed E-state index contributed by atoms with van der Waals surface area (Å²) < 4.78 is 0. The average molecular weight is 176 g/mol. The molecule has 1 aromatic rings. The fourth-order valence-corrected chi connectivity index (χ4v) is 1.17. The van der Waals surface area contributed by atoms with Crippen LogP contribution < -0.4 is 5.73 Å². The molecule has 0 amide bonds. The zero-order valence-electron chi connectivity index (χ0n) is 8.20. The third-order valence-corrected chi connectivity index (χ3v) is 1.98. The molecule has 0 fully saturated rings. The first-order chi connectivity index (χ1) is 6.20. The van der Waals surface area contributed by atoms with E-state index in [9.17, 15) is 0 Å². The molecular weight excluding hydrogens is 160 g/mol. The highest BCUT2D eigenvalue weighted by molar-refractivity contribution is 5.77. The van der Waals surface area contributed by atoms with E-state index >= 15 is 0 Å². The predicted molar refractivity (Wildman–Crippen MR) is 57.0 cm³/mol. The lowest BCUT2D eigenvalue weighted by molar-refractivity contribution is 0.774. The number of benzene rings is 1. The van der Waals surface area contributed by atoms with Gasteiger partial charge in [-0.25, -0.2) is 0 Å². The van der Waals surface area contributed by atoms with Crippen LogP contribution in [-0.4, -0.2) is 12.4 Å². The first-order valence-electron chi connectivity index (χ1n) is 4.51. The van der Waals surface area contributed by atoms with Crippen molar-refractivity contribution in [2.75, 3.05) is 6.54 Å². The van der Waals surface area contributed by atoms with E-state index in [0.717, 1.165) is 6.54 Å². The van der Waals surface area contributed by atoms with Crippen molar-refractivity contribution < 1.29 is 0 Å². The van der Waals surface area contributed by atoms with Gasteiger partial charge in [-0.05, 0) is 12.5 Å². The van der Waals surface area contributed by atoms with Gasteiger partial charge in [-0.1, -0.05) is 37.3 Å². The second kappa shape index (κ2) is 4.65. The first-order valence-corrected chi connectivity index (χ1v) is 4.51. The zero-order valence-corrected chi connectivity index (χ0v) is 8.20. The van der Waals surface area contributed by atoms with E-state index in [-0.39, 0.29) is 0 Å². The number of aliphatic imine (C=N–C) groups is 1. The molecule has 2 heteroatoms. The van der Waals surface area contributed by atoms with Crippen molar-refractivity contribution in [3.63, 3.8) is 0 Å². The maximum atomic E-state index is 5.47. The molecule has 0 spiro atoms. The van der Waals surface area contributed by atoms with Crippen molar-refractivity contribution >= 4 is 5.84 Å². The minimum absolute atomic E-state index is 0.444. The zero-order chi connectivity index (χ0) is 9.68. The Balaban J connectivity index is 2.59. The van der Waals surface area contributed by atoms with Gasteiger partial charge in [-0.3, -0.25) is 4.99 Å². The van der Waals surface area contributed by atoms with Crippen molar-refractivity contribution in [3.8, 4) is 0 Å². The minimum Gasteiger partial charge on any atom is -0.388 e. The van der Waals surface area contributed by atoms with Gasteiger partial charge in [0.05, 0.1) is 5.84 Å². The van der Waals surface area contributed by atoms with Crippen LogP contribution >= 0.6 is 0 Å². The standard InChI is InChI=1S/C11H16N2/c1-9(8-13-10(2)12)11-6-4-3-5-7-11/h3-7,9H,8H2,1-2H3,(H2,12,13). The highest BCUT2D eigenvalue weighted by Crippen LogP contribution is 2.14. The lowest BCUT2D eigenvalue weighted by atomic mass is 10.0. The van der Waals surface area contributed by atoms with Crippen LogP contribution in [0.1, 0.15) is 25.3 Å². The first kappa shape index (κ1) is 9.78. The molecule has 0 aliphatic heterocycles. The molecule has 70 valence electrons. The number of hydrogen-bond acceptors (Lipinski definition) is 1. The highest BCUT2D eigenvalue weighted by atomic mass is 14.8. The fraction of sp³-hybridized carbons (Fsp3) is 0.364. The molecule has 0 heterocycles.